The van der Waals surface area contributed by atoms with E-state index in [1.54, 1.807) is 84.9 Å². The highest BCUT2D eigenvalue weighted by Gasteiger charge is 2.38. The highest BCUT2D eigenvalue weighted by molar-refractivity contribution is 5.93. The molecule has 1 unspecified atom stereocenters. The number of phenols is 1. The Balaban J connectivity index is 2.07. The van der Waals surface area contributed by atoms with Gasteiger partial charge in [0.1, 0.15) is 41.4 Å². The molecule has 2 aliphatic heterocycles. The Morgan fingerprint density at radius 2 is 1.77 bits per heavy atom. The van der Waals surface area contributed by atoms with Crippen molar-refractivity contribution in [1.82, 2.24) is 21.1 Å². The third kappa shape index (κ3) is 15.8. The number of amides is 3. The Morgan fingerprint density at radius 3 is 2.42 bits per heavy atom. The van der Waals surface area contributed by atoms with E-state index in [9.17, 15) is 44.1 Å². The van der Waals surface area contributed by atoms with Gasteiger partial charge in [-0.15, -0.1) is 0 Å². The fraction of sp³-hybridized carbons (Fsp3) is 0.556. The van der Waals surface area contributed by atoms with E-state index in [2.05, 4.69) is 16.1 Å². The Morgan fingerprint density at radius 1 is 1.05 bits per heavy atom. The molecule has 3 amide bonds. The number of carbonyl (C=O) groups is 6. The van der Waals surface area contributed by atoms with Crippen LogP contribution in [0.4, 0.5) is 0 Å². The predicted molar refractivity (Wildman–Crippen MR) is 224 cm³/mol. The number of cyclic esters (lactones) is 1. The van der Waals surface area contributed by atoms with Crippen LogP contribution in [0.15, 0.2) is 72.4 Å². The number of fused-ring (bicyclic) bond motifs is 2. The number of hydrogen-bond acceptors (Lipinski definition) is 12. The number of hydrazine groups is 1. The first-order valence-electron chi connectivity index (χ1n) is 20.6. The van der Waals surface area contributed by atoms with Gasteiger partial charge in [-0.25, -0.2) is 10.2 Å². The normalized spacial score (nSPS) is 27.1. The smallest absolute Gasteiger partial charge is 0.331 e. The van der Waals surface area contributed by atoms with Crippen molar-refractivity contribution in [3.05, 3.63) is 77.9 Å². The molecule has 1 fully saturated rings. The first-order valence-corrected chi connectivity index (χ1v) is 20.6. The van der Waals surface area contributed by atoms with E-state index in [0.29, 0.717) is 24.0 Å². The molecule has 0 saturated carbocycles. The van der Waals surface area contributed by atoms with Crippen molar-refractivity contribution in [1.29, 1.82) is 0 Å². The third-order valence-corrected chi connectivity index (χ3v) is 10.3. The Hall–Kier alpha value is -5.12. The summed E-state index contributed by atoms with van der Waals surface area (Å²) in [5.41, 5.74) is 3.42. The lowest BCUT2D eigenvalue weighted by atomic mass is 9.84. The molecule has 8 atom stereocenters. The quantitative estimate of drug-likeness (QED) is 0.119. The lowest BCUT2D eigenvalue weighted by molar-refractivity contribution is -0.156. The molecular formula is C45H64N4O11. The monoisotopic (exact) mass is 836 g/mol. The zero-order valence-corrected chi connectivity index (χ0v) is 36.1. The first kappa shape index (κ1) is 49.2. The molecule has 6 N–H and O–H groups in total. The number of aliphatic hydroxyl groups is 2. The lowest BCUT2D eigenvalue weighted by Gasteiger charge is -2.36. The Bertz CT molecular complexity index is 1800. The van der Waals surface area contributed by atoms with E-state index in [1.165, 1.54) is 42.3 Å². The maximum absolute atomic E-state index is 14.3. The average molecular weight is 837 g/mol. The molecule has 0 radical (unpaired) electrons. The van der Waals surface area contributed by atoms with Crippen molar-refractivity contribution in [3.63, 3.8) is 0 Å². The summed E-state index contributed by atoms with van der Waals surface area (Å²) in [5, 5.41) is 39.5. The van der Waals surface area contributed by atoms with Crippen molar-refractivity contribution >= 4 is 35.4 Å². The molecule has 15 nitrogen and oxygen atoms in total. The van der Waals surface area contributed by atoms with Gasteiger partial charge in [-0.2, -0.15) is 0 Å². The molecule has 0 aromatic heterocycles. The molecule has 0 aliphatic carbocycles. The number of benzene rings is 1. The maximum Gasteiger partial charge on any atom is 0.331 e. The van der Waals surface area contributed by atoms with Crippen LogP contribution in [-0.4, -0.2) is 104 Å². The number of allylic oxidation sites excluding steroid dienone is 4. The minimum atomic E-state index is -1.43. The van der Waals surface area contributed by atoms with Gasteiger partial charge < -0.3 is 40.2 Å². The van der Waals surface area contributed by atoms with Crippen molar-refractivity contribution < 1.29 is 53.6 Å². The summed E-state index contributed by atoms with van der Waals surface area (Å²) in [6.07, 6.45) is 8.10. The fourth-order valence-corrected chi connectivity index (χ4v) is 6.77. The molecule has 2 aliphatic rings. The van der Waals surface area contributed by atoms with E-state index in [-0.39, 0.29) is 43.8 Å². The summed E-state index contributed by atoms with van der Waals surface area (Å²) in [6.45, 7) is 13.5. The van der Waals surface area contributed by atoms with Gasteiger partial charge in [0.15, 0.2) is 0 Å². The predicted octanol–water partition coefficient (Wildman–Crippen LogP) is 3.67. The number of esters is 2. The molecule has 1 aromatic carbocycles. The number of nitrogens with one attached hydrogen (secondary N) is 3. The van der Waals surface area contributed by atoms with E-state index in [4.69, 9.17) is 9.47 Å². The van der Waals surface area contributed by atoms with Gasteiger partial charge in [-0.1, -0.05) is 69.4 Å². The van der Waals surface area contributed by atoms with Crippen LogP contribution >= 0.6 is 0 Å². The molecule has 3 rings (SSSR count). The van der Waals surface area contributed by atoms with Crippen LogP contribution in [0.25, 0.3) is 0 Å². The molecule has 60 heavy (non-hydrogen) atoms. The third-order valence-electron chi connectivity index (χ3n) is 10.3. The van der Waals surface area contributed by atoms with E-state index in [1.807, 2.05) is 0 Å². The number of Topliss-reactive ketones (excluding diaryl/α,β-unsaturated/α-hetero) is 1. The van der Waals surface area contributed by atoms with Crippen LogP contribution in [0, 0.1) is 17.8 Å². The summed E-state index contributed by atoms with van der Waals surface area (Å²) in [6, 6.07) is 2.88. The fourth-order valence-electron chi connectivity index (χ4n) is 6.77. The zero-order valence-electron chi connectivity index (χ0n) is 36.1. The van der Waals surface area contributed by atoms with Crippen molar-refractivity contribution in [2.45, 2.75) is 136 Å². The number of carbonyl (C=O) groups excluding carboxylic acids is 6. The number of hydrogen-bond donors (Lipinski definition) is 6. The first-order chi connectivity index (χ1) is 28.2. The van der Waals surface area contributed by atoms with Gasteiger partial charge in [0.05, 0.1) is 18.1 Å². The number of nitrogens with zero attached hydrogens (tertiary/aromatic N) is 1. The largest absolute Gasteiger partial charge is 0.508 e. The second kappa shape index (κ2) is 23.0. The van der Waals surface area contributed by atoms with Crippen molar-refractivity contribution in [2.75, 3.05) is 6.54 Å². The Kier molecular flexibility index (Phi) is 18.9. The number of rotatable bonds is 9. The van der Waals surface area contributed by atoms with Crippen LogP contribution < -0.4 is 16.1 Å². The summed E-state index contributed by atoms with van der Waals surface area (Å²) in [7, 11) is 0. The minimum Gasteiger partial charge on any atom is -0.508 e. The molecule has 2 heterocycles. The SMILES string of the molecule is CC(=O)CC[C@H]1C(=O)N[C@@H](C(C)C)C(=O)N[C@@H](Cc2cccc(O)c2)C(=O)N2CCCC(N2)C(=O)O[C@H](C(C)=CC=CC(=O)OC(C)(C)C)CC=CC=C[C@H](O)[C@H](C)[C@H]1O. The second-order valence-electron chi connectivity index (χ2n) is 16.9. The highest BCUT2D eigenvalue weighted by Crippen LogP contribution is 2.24. The number of ether oxygens (including phenoxy) is 2. The molecule has 2 bridgehead atoms. The van der Waals surface area contributed by atoms with E-state index in [0.717, 1.165) is 0 Å². The van der Waals surface area contributed by atoms with Gasteiger partial charge in [-0.05, 0) is 83.1 Å². The number of aromatic hydroxyl groups is 1. The maximum atomic E-state index is 14.3. The highest BCUT2D eigenvalue weighted by atomic mass is 16.6. The average Bonchev–Trinajstić information content (AvgIpc) is 3.16. The second-order valence-corrected chi connectivity index (χ2v) is 16.9. The molecule has 1 saturated heterocycles. The Labute approximate surface area is 353 Å². The summed E-state index contributed by atoms with van der Waals surface area (Å²) in [4.78, 5) is 80.4. The molecule has 0 spiro atoms. The topological polar surface area (TPSA) is 221 Å². The van der Waals surface area contributed by atoms with Crippen LogP contribution in [0.1, 0.15) is 93.1 Å². The summed E-state index contributed by atoms with van der Waals surface area (Å²) in [5.74, 6) is -5.97. The van der Waals surface area contributed by atoms with Gasteiger partial charge in [0.2, 0.25) is 11.8 Å². The van der Waals surface area contributed by atoms with Gasteiger partial charge in [0, 0.05) is 37.8 Å². The minimum absolute atomic E-state index is 0.0319. The van der Waals surface area contributed by atoms with E-state index >= 15 is 0 Å². The molecular weight excluding hydrogens is 773 g/mol. The molecule has 1 aromatic rings. The van der Waals surface area contributed by atoms with Crippen molar-refractivity contribution in [3.8, 4) is 5.75 Å². The van der Waals surface area contributed by atoms with Gasteiger partial charge >= 0.3 is 11.9 Å². The van der Waals surface area contributed by atoms with Crippen LogP contribution in [0.3, 0.4) is 0 Å². The van der Waals surface area contributed by atoms with Crippen LogP contribution in [-0.2, 0) is 44.7 Å². The summed E-state index contributed by atoms with van der Waals surface area (Å²) < 4.78 is 11.3. The number of phenolic OH excluding ortho intramolecular Hbond substituents is 1. The lowest BCUT2D eigenvalue weighted by Crippen LogP contribution is -2.62. The number of ketones is 1. The van der Waals surface area contributed by atoms with Gasteiger partial charge in [0.25, 0.3) is 5.91 Å². The molecule has 330 valence electrons. The van der Waals surface area contributed by atoms with Crippen LogP contribution in [0.5, 0.6) is 5.75 Å². The van der Waals surface area contributed by atoms with Gasteiger partial charge in [-0.3, -0.25) is 24.2 Å². The standard InChI is InChI=1S/C45H64N4O11/c1-27(2)39-42(56)46-35(26-31-16-13-17-32(51)25-31)43(57)49-24-14-18-34(48-49)44(58)59-37(28(3)15-12-21-38(53)60-45(6,7)8)20-11-9-10-19-36(52)30(5)40(54)33(41(55)47-39)23-22-29(4)50/h9-13,15-17,19,21,25,27,30,33-37,39-40,48,51-52,54H,14,18,20,22-24,26H2,1-8H3,(H,46,56)(H,47,55)/t30-,33+,34?,35-,36-,37-,39-,40+/m0/s1. The summed E-state index contributed by atoms with van der Waals surface area (Å²) >= 11 is 0. The van der Waals surface area contributed by atoms with E-state index < -0.39 is 89.5 Å². The zero-order chi connectivity index (χ0) is 44.7. The molecule has 15 heteroatoms. The number of aliphatic hydroxyl groups excluding tert-OH is 2. The van der Waals surface area contributed by atoms with Crippen molar-refractivity contribution in [2.24, 2.45) is 17.8 Å². The van der Waals surface area contributed by atoms with Crippen LogP contribution in [0.2, 0.25) is 0 Å².